The molecule has 3 atom stereocenters. The van der Waals surface area contributed by atoms with Crippen molar-refractivity contribution >= 4 is 17.7 Å². The first kappa shape index (κ1) is 25.7. The topological polar surface area (TPSA) is 111 Å². The summed E-state index contributed by atoms with van der Waals surface area (Å²) < 4.78 is 0. The number of β-amino-alcohol motifs (C(OH)–C–C–N with tert-alkyl or cyclic N) is 1. The van der Waals surface area contributed by atoms with Crippen LogP contribution >= 0.6 is 0 Å². The van der Waals surface area contributed by atoms with E-state index in [1.54, 1.807) is 12.1 Å². The molecule has 2 aliphatic rings. The number of carbonyl (C=O) groups is 3. The quantitative estimate of drug-likeness (QED) is 0.461. The fraction of sp³-hybridized carbons (Fsp3) is 0.577. The molecule has 0 aromatic heterocycles. The molecule has 1 aromatic carbocycles. The van der Waals surface area contributed by atoms with Crippen LogP contribution in [0.3, 0.4) is 0 Å². The zero-order chi connectivity index (χ0) is 24.9. The molecule has 3 rings (SSSR count). The van der Waals surface area contributed by atoms with Gasteiger partial charge in [-0.05, 0) is 49.0 Å². The molecule has 8 heteroatoms. The van der Waals surface area contributed by atoms with Crippen molar-refractivity contribution in [2.24, 2.45) is 11.3 Å². The van der Waals surface area contributed by atoms with Gasteiger partial charge in [-0.3, -0.25) is 14.4 Å². The van der Waals surface area contributed by atoms with Crippen molar-refractivity contribution in [2.45, 2.75) is 64.8 Å². The third kappa shape index (κ3) is 6.37. The van der Waals surface area contributed by atoms with E-state index in [-0.39, 0.29) is 43.1 Å². The lowest BCUT2D eigenvalue weighted by atomic mass is 9.84. The first-order valence-electron chi connectivity index (χ1n) is 11.9. The van der Waals surface area contributed by atoms with E-state index in [1.807, 2.05) is 32.9 Å². The summed E-state index contributed by atoms with van der Waals surface area (Å²) >= 11 is 0. The molecule has 184 valence electrons. The molecule has 0 unspecified atom stereocenters. The lowest BCUT2D eigenvalue weighted by molar-refractivity contribution is -0.144. The van der Waals surface area contributed by atoms with Crippen LogP contribution in [0.15, 0.2) is 24.3 Å². The smallest absolute Gasteiger partial charge is 0.246 e. The highest BCUT2D eigenvalue weighted by Gasteiger charge is 2.44. The molecule has 1 aromatic rings. The van der Waals surface area contributed by atoms with E-state index in [9.17, 15) is 19.5 Å². The molecule has 2 heterocycles. The molecule has 0 spiro atoms. The second-order valence-corrected chi connectivity index (χ2v) is 10.3. The van der Waals surface area contributed by atoms with Gasteiger partial charge in [0, 0.05) is 31.0 Å². The number of hydrogen-bond acceptors (Lipinski definition) is 5. The average Bonchev–Trinajstić information content (AvgIpc) is 3.22. The largest absolute Gasteiger partial charge is 0.391 e. The number of piperidine rings is 1. The van der Waals surface area contributed by atoms with Crippen molar-refractivity contribution in [1.29, 1.82) is 0 Å². The van der Waals surface area contributed by atoms with Crippen LogP contribution < -0.4 is 16.0 Å². The van der Waals surface area contributed by atoms with Crippen LogP contribution in [0.4, 0.5) is 0 Å². The number of terminal acetylenes is 1. The zero-order valence-corrected chi connectivity index (χ0v) is 20.3. The Hall–Kier alpha value is -2.89. The Balaban J connectivity index is 1.69. The van der Waals surface area contributed by atoms with Crippen LogP contribution in [0.1, 0.15) is 51.2 Å². The third-order valence-electron chi connectivity index (χ3n) is 6.56. The van der Waals surface area contributed by atoms with Gasteiger partial charge in [0.1, 0.15) is 12.1 Å². The van der Waals surface area contributed by atoms with Crippen molar-refractivity contribution in [1.82, 2.24) is 20.9 Å². The van der Waals surface area contributed by atoms with Gasteiger partial charge in [-0.15, -0.1) is 6.42 Å². The number of benzene rings is 1. The second-order valence-electron chi connectivity index (χ2n) is 10.3. The number of nitrogens with zero attached hydrogens (tertiary/aromatic N) is 1. The summed E-state index contributed by atoms with van der Waals surface area (Å²) in [7, 11) is 0. The van der Waals surface area contributed by atoms with Gasteiger partial charge in [0.15, 0.2) is 0 Å². The molecule has 2 fully saturated rings. The minimum Gasteiger partial charge on any atom is -0.391 e. The maximum absolute atomic E-state index is 13.6. The minimum absolute atomic E-state index is 0.0591. The summed E-state index contributed by atoms with van der Waals surface area (Å²) in [5.74, 6) is 1.61. The molecular formula is C26H36N4O4. The van der Waals surface area contributed by atoms with Crippen molar-refractivity contribution in [2.75, 3.05) is 19.6 Å². The van der Waals surface area contributed by atoms with Crippen LogP contribution in [0, 0.1) is 23.7 Å². The number of likely N-dealkylation sites (tertiary alicyclic amines) is 1. The maximum Gasteiger partial charge on any atom is 0.246 e. The summed E-state index contributed by atoms with van der Waals surface area (Å²) in [4.78, 5) is 40.9. The highest BCUT2D eigenvalue weighted by atomic mass is 16.3. The van der Waals surface area contributed by atoms with E-state index in [1.165, 1.54) is 4.90 Å². The highest BCUT2D eigenvalue weighted by Crippen LogP contribution is 2.27. The molecule has 0 radical (unpaired) electrons. The molecule has 34 heavy (non-hydrogen) atoms. The Kier molecular flexibility index (Phi) is 8.34. The number of nitrogens with one attached hydrogen (secondary N) is 3. The number of carbonyl (C=O) groups excluding carboxylic acids is 3. The van der Waals surface area contributed by atoms with Gasteiger partial charge in [0.25, 0.3) is 0 Å². The lowest BCUT2D eigenvalue weighted by Crippen LogP contribution is -2.58. The predicted molar refractivity (Wildman–Crippen MR) is 129 cm³/mol. The Morgan fingerprint density at radius 3 is 2.41 bits per heavy atom. The van der Waals surface area contributed by atoms with Crippen molar-refractivity contribution in [3.63, 3.8) is 0 Å². The summed E-state index contributed by atoms with van der Waals surface area (Å²) in [6.45, 7) is 7.56. The highest BCUT2D eigenvalue weighted by molar-refractivity contribution is 5.93. The van der Waals surface area contributed by atoms with Crippen LogP contribution in [-0.4, -0.2) is 65.5 Å². The number of rotatable bonds is 6. The summed E-state index contributed by atoms with van der Waals surface area (Å²) in [6, 6.07) is 5.69. The van der Waals surface area contributed by atoms with E-state index in [4.69, 9.17) is 6.42 Å². The van der Waals surface area contributed by atoms with Crippen molar-refractivity contribution < 1.29 is 19.5 Å². The fourth-order valence-corrected chi connectivity index (χ4v) is 4.49. The van der Waals surface area contributed by atoms with Gasteiger partial charge in [-0.2, -0.15) is 0 Å². The van der Waals surface area contributed by atoms with E-state index < -0.39 is 23.6 Å². The average molecular weight is 469 g/mol. The van der Waals surface area contributed by atoms with E-state index in [0.29, 0.717) is 0 Å². The predicted octanol–water partition coefficient (Wildman–Crippen LogP) is 0.776. The Morgan fingerprint density at radius 2 is 1.82 bits per heavy atom. The van der Waals surface area contributed by atoms with Gasteiger partial charge in [0.05, 0.1) is 6.10 Å². The lowest BCUT2D eigenvalue weighted by Gasteiger charge is -2.36. The van der Waals surface area contributed by atoms with Crippen LogP contribution in [0.25, 0.3) is 0 Å². The molecule has 0 aliphatic carbocycles. The van der Waals surface area contributed by atoms with E-state index in [2.05, 4.69) is 21.9 Å². The third-order valence-corrected chi connectivity index (χ3v) is 6.56. The van der Waals surface area contributed by atoms with Gasteiger partial charge < -0.3 is 26.0 Å². The number of aliphatic hydroxyl groups excluding tert-OH is 1. The number of hydrogen-bond donors (Lipinski definition) is 4. The monoisotopic (exact) mass is 468 g/mol. The van der Waals surface area contributed by atoms with Crippen LogP contribution in [0.5, 0.6) is 0 Å². The van der Waals surface area contributed by atoms with Gasteiger partial charge in [-0.25, -0.2) is 0 Å². The Morgan fingerprint density at radius 1 is 1.18 bits per heavy atom. The minimum atomic E-state index is -0.799. The standard InChI is InChI=1S/C26H36N4O4/c1-5-17-6-8-18(9-7-17)15-28-24(33)21-14-20(31)16-30(21)25(34)22(26(2,3)4)29-23(32)19-10-12-27-13-11-19/h1,6-9,19-22,27,31H,10-16H2,2-4H3,(H,28,33)(H,29,32)/t20-,21+,22-/m1/s1. The molecule has 2 aliphatic heterocycles. The summed E-state index contributed by atoms with van der Waals surface area (Å²) in [5.41, 5.74) is 1.07. The Labute approximate surface area is 201 Å². The molecule has 0 bridgehead atoms. The zero-order valence-electron chi connectivity index (χ0n) is 20.3. The Bertz CT molecular complexity index is 926. The summed E-state index contributed by atoms with van der Waals surface area (Å²) in [5, 5.41) is 19.4. The second kappa shape index (κ2) is 11.0. The van der Waals surface area contributed by atoms with Gasteiger partial charge in [0.2, 0.25) is 17.7 Å². The normalized spacial score (nSPS) is 22.0. The SMILES string of the molecule is C#Cc1ccc(CNC(=O)[C@@H]2C[C@@H](O)CN2C(=O)[C@@H](NC(=O)C2CCNCC2)C(C)(C)C)cc1. The molecular weight excluding hydrogens is 432 g/mol. The van der Waals surface area contributed by atoms with Crippen molar-refractivity contribution in [3.05, 3.63) is 35.4 Å². The first-order valence-corrected chi connectivity index (χ1v) is 11.9. The molecule has 4 N–H and O–H groups in total. The van der Waals surface area contributed by atoms with Crippen LogP contribution in [-0.2, 0) is 20.9 Å². The molecule has 8 nitrogen and oxygen atoms in total. The van der Waals surface area contributed by atoms with Crippen LogP contribution in [0.2, 0.25) is 0 Å². The first-order chi connectivity index (χ1) is 16.1. The van der Waals surface area contributed by atoms with Gasteiger partial charge >= 0.3 is 0 Å². The fourth-order valence-electron chi connectivity index (χ4n) is 4.49. The molecule has 3 amide bonds. The number of aliphatic hydroxyl groups is 1. The van der Waals surface area contributed by atoms with E-state index in [0.717, 1.165) is 37.1 Å². The van der Waals surface area contributed by atoms with Gasteiger partial charge in [-0.1, -0.05) is 38.8 Å². The van der Waals surface area contributed by atoms with E-state index >= 15 is 0 Å². The number of amides is 3. The van der Waals surface area contributed by atoms with Crippen molar-refractivity contribution in [3.8, 4) is 12.3 Å². The maximum atomic E-state index is 13.6. The summed E-state index contributed by atoms with van der Waals surface area (Å²) in [6.07, 6.45) is 6.20. The molecule has 0 saturated carbocycles. The molecule has 2 saturated heterocycles.